The van der Waals surface area contributed by atoms with Crippen LogP contribution in [0.25, 0.3) is 0 Å². The van der Waals surface area contributed by atoms with E-state index in [1.165, 1.54) is 6.07 Å². The molecule has 0 spiro atoms. The predicted octanol–water partition coefficient (Wildman–Crippen LogP) is 2.47. The van der Waals surface area contributed by atoms with Gasteiger partial charge in [-0.2, -0.15) is 0 Å². The van der Waals surface area contributed by atoms with Crippen LogP contribution in [-0.2, 0) is 4.74 Å². The average molecular weight is 263 g/mol. The van der Waals surface area contributed by atoms with Crippen molar-refractivity contribution in [2.45, 2.75) is 6.92 Å². The molecule has 0 aliphatic rings. The van der Waals surface area contributed by atoms with Crippen LogP contribution in [0.15, 0.2) is 16.6 Å². The molecule has 0 bridgehead atoms. The molecule has 1 rings (SSSR count). The summed E-state index contributed by atoms with van der Waals surface area (Å²) >= 11 is 2.82. The first kappa shape index (κ1) is 11.0. The number of hydrogen-bond donors (Lipinski definition) is 1. The number of esters is 1. The van der Waals surface area contributed by atoms with Gasteiger partial charge in [0.05, 0.1) is 11.1 Å². The van der Waals surface area contributed by atoms with Crippen LogP contribution in [0.4, 0.5) is 4.39 Å². The molecule has 1 aromatic rings. The maximum Gasteiger partial charge on any atom is 0.341 e. The number of phenolic OH excluding ortho intramolecular Hbond substituents is 1. The maximum absolute atomic E-state index is 12.8. The Balaban J connectivity index is 3.11. The molecule has 0 heterocycles. The third-order valence-corrected chi connectivity index (χ3v) is 2.32. The normalized spacial score (nSPS) is 9.93. The smallest absolute Gasteiger partial charge is 0.341 e. The lowest BCUT2D eigenvalue weighted by Crippen LogP contribution is -2.05. The number of rotatable bonds is 2. The Bertz CT molecular complexity index is 365. The molecule has 5 heteroatoms. The molecule has 3 nitrogen and oxygen atoms in total. The summed E-state index contributed by atoms with van der Waals surface area (Å²) in [6.07, 6.45) is 0. The fourth-order valence-corrected chi connectivity index (χ4v) is 1.26. The van der Waals surface area contributed by atoms with Crippen molar-refractivity contribution in [1.82, 2.24) is 0 Å². The average Bonchev–Trinajstić information content (AvgIpc) is 2.15. The largest absolute Gasteiger partial charge is 0.506 e. The molecule has 0 aliphatic heterocycles. The molecule has 0 saturated heterocycles. The molecule has 0 aliphatic carbocycles. The van der Waals surface area contributed by atoms with Crippen LogP contribution in [0.3, 0.4) is 0 Å². The third kappa shape index (κ3) is 2.04. The molecule has 0 radical (unpaired) electrons. The van der Waals surface area contributed by atoms with Crippen LogP contribution < -0.4 is 0 Å². The minimum atomic E-state index is -0.675. The highest BCUT2D eigenvalue weighted by Crippen LogP contribution is 2.30. The van der Waals surface area contributed by atoms with E-state index in [2.05, 4.69) is 20.7 Å². The zero-order valence-electron chi connectivity index (χ0n) is 7.38. The monoisotopic (exact) mass is 262 g/mol. The van der Waals surface area contributed by atoms with E-state index in [1.807, 2.05) is 0 Å². The van der Waals surface area contributed by atoms with E-state index < -0.39 is 17.5 Å². The first-order valence-corrected chi connectivity index (χ1v) is 4.71. The van der Waals surface area contributed by atoms with Crippen molar-refractivity contribution in [3.63, 3.8) is 0 Å². The summed E-state index contributed by atoms with van der Waals surface area (Å²) in [4.78, 5) is 11.2. The van der Waals surface area contributed by atoms with Crippen LogP contribution >= 0.6 is 15.9 Å². The van der Waals surface area contributed by atoms with E-state index in [0.29, 0.717) is 0 Å². The predicted molar refractivity (Wildman–Crippen MR) is 51.7 cm³/mol. The van der Waals surface area contributed by atoms with Crippen molar-refractivity contribution >= 4 is 21.9 Å². The third-order valence-electron chi connectivity index (χ3n) is 1.56. The highest BCUT2D eigenvalue weighted by atomic mass is 79.9. The number of carbonyl (C=O) groups excluding carboxylic acids is 1. The first-order valence-electron chi connectivity index (χ1n) is 3.92. The summed E-state index contributed by atoms with van der Waals surface area (Å²) in [5, 5.41) is 9.39. The zero-order chi connectivity index (χ0) is 10.7. The molecule has 76 valence electrons. The lowest BCUT2D eigenvalue weighted by molar-refractivity contribution is 0.0523. The van der Waals surface area contributed by atoms with Gasteiger partial charge in [0.15, 0.2) is 0 Å². The number of phenols is 1. The van der Waals surface area contributed by atoms with Gasteiger partial charge in [0.2, 0.25) is 0 Å². The number of halogens is 2. The van der Waals surface area contributed by atoms with Gasteiger partial charge in [-0.05, 0) is 35.0 Å². The van der Waals surface area contributed by atoms with Crippen molar-refractivity contribution in [2.24, 2.45) is 0 Å². The highest BCUT2D eigenvalue weighted by Gasteiger charge is 2.16. The SMILES string of the molecule is CCOC(=O)c1ccc(F)c(Br)c1O. The molecule has 1 aromatic carbocycles. The number of hydrogen-bond acceptors (Lipinski definition) is 3. The number of benzene rings is 1. The van der Waals surface area contributed by atoms with Crippen LogP contribution in [0.2, 0.25) is 0 Å². The van der Waals surface area contributed by atoms with Crippen molar-refractivity contribution in [2.75, 3.05) is 6.61 Å². The van der Waals surface area contributed by atoms with Crippen molar-refractivity contribution < 1.29 is 19.0 Å². The van der Waals surface area contributed by atoms with Crippen LogP contribution in [0.1, 0.15) is 17.3 Å². The lowest BCUT2D eigenvalue weighted by Gasteiger charge is -2.05. The molecule has 0 aromatic heterocycles. The summed E-state index contributed by atoms with van der Waals surface area (Å²) in [7, 11) is 0. The molecule has 0 saturated carbocycles. The van der Waals surface area contributed by atoms with Crippen molar-refractivity contribution in [3.05, 3.63) is 28.0 Å². The summed E-state index contributed by atoms with van der Waals surface area (Å²) in [6.45, 7) is 1.85. The number of carbonyl (C=O) groups is 1. The van der Waals surface area contributed by atoms with E-state index in [9.17, 15) is 14.3 Å². The van der Waals surface area contributed by atoms with E-state index in [-0.39, 0.29) is 16.6 Å². The minimum absolute atomic E-state index is 0.0554. The summed E-state index contributed by atoms with van der Waals surface area (Å²) in [5.41, 5.74) is -0.0554. The minimum Gasteiger partial charge on any atom is -0.506 e. The molecule has 14 heavy (non-hydrogen) atoms. The second-order valence-electron chi connectivity index (χ2n) is 2.48. The van der Waals surface area contributed by atoms with Crippen LogP contribution in [-0.4, -0.2) is 17.7 Å². The Labute approximate surface area is 88.6 Å². The second kappa shape index (κ2) is 4.41. The van der Waals surface area contributed by atoms with Gasteiger partial charge < -0.3 is 9.84 Å². The zero-order valence-corrected chi connectivity index (χ0v) is 8.97. The van der Waals surface area contributed by atoms with Crippen LogP contribution in [0.5, 0.6) is 5.75 Å². The Morgan fingerprint density at radius 2 is 2.29 bits per heavy atom. The summed E-state index contributed by atoms with van der Waals surface area (Å²) in [6, 6.07) is 2.25. The molecular formula is C9H8BrFO3. The Morgan fingerprint density at radius 3 is 2.86 bits per heavy atom. The molecule has 0 fully saturated rings. The van der Waals surface area contributed by atoms with Gasteiger partial charge in [-0.1, -0.05) is 0 Å². The van der Waals surface area contributed by atoms with Gasteiger partial charge in [0, 0.05) is 0 Å². The van der Waals surface area contributed by atoms with Gasteiger partial charge in [-0.3, -0.25) is 0 Å². The van der Waals surface area contributed by atoms with E-state index in [4.69, 9.17) is 0 Å². The van der Waals surface area contributed by atoms with Gasteiger partial charge in [-0.25, -0.2) is 9.18 Å². The molecule has 0 atom stereocenters. The van der Waals surface area contributed by atoms with Gasteiger partial charge in [-0.15, -0.1) is 0 Å². The van der Waals surface area contributed by atoms with Crippen molar-refractivity contribution in [1.29, 1.82) is 0 Å². The van der Waals surface area contributed by atoms with E-state index in [1.54, 1.807) is 6.92 Å². The van der Waals surface area contributed by atoms with Gasteiger partial charge in [0.25, 0.3) is 0 Å². The highest BCUT2D eigenvalue weighted by molar-refractivity contribution is 9.10. The van der Waals surface area contributed by atoms with Crippen LogP contribution in [0, 0.1) is 5.82 Å². The topological polar surface area (TPSA) is 46.5 Å². The lowest BCUT2D eigenvalue weighted by atomic mass is 10.2. The van der Waals surface area contributed by atoms with E-state index in [0.717, 1.165) is 6.07 Å². The quantitative estimate of drug-likeness (QED) is 0.834. The van der Waals surface area contributed by atoms with Crippen molar-refractivity contribution in [3.8, 4) is 5.75 Å². The molecule has 1 N–H and O–H groups in total. The molecule has 0 amide bonds. The molecular weight excluding hydrogens is 255 g/mol. The number of aromatic hydroxyl groups is 1. The standard InChI is InChI=1S/C9H8BrFO3/c1-2-14-9(13)5-3-4-6(11)7(10)8(5)12/h3-4,12H,2H2,1H3. The number of ether oxygens (including phenoxy) is 1. The summed E-state index contributed by atoms with van der Waals surface area (Å²) < 4.78 is 17.4. The first-order chi connectivity index (χ1) is 6.57. The fourth-order valence-electron chi connectivity index (χ4n) is 0.914. The Hall–Kier alpha value is -1.10. The summed E-state index contributed by atoms with van der Waals surface area (Å²) in [5.74, 6) is -1.75. The second-order valence-corrected chi connectivity index (χ2v) is 3.27. The fraction of sp³-hybridized carbons (Fsp3) is 0.222. The van der Waals surface area contributed by atoms with Gasteiger partial charge in [0.1, 0.15) is 17.1 Å². The Morgan fingerprint density at radius 1 is 1.64 bits per heavy atom. The van der Waals surface area contributed by atoms with Gasteiger partial charge >= 0.3 is 5.97 Å². The molecule has 0 unspecified atom stereocenters. The Kier molecular flexibility index (Phi) is 3.46. The van der Waals surface area contributed by atoms with E-state index >= 15 is 0 Å². The maximum atomic E-state index is 12.8.